The van der Waals surface area contributed by atoms with Gasteiger partial charge in [-0.25, -0.2) is 15.0 Å². The number of aromatic nitrogens is 4. The molecule has 3 aromatic heterocycles. The molecular weight excluding hydrogens is 548 g/mol. The first-order chi connectivity index (χ1) is 21.3. The Morgan fingerprint density at radius 2 is 1.73 bits per heavy atom. The van der Waals surface area contributed by atoms with Crippen LogP contribution in [0.3, 0.4) is 0 Å². The Labute approximate surface area is 257 Å². The number of hydrogen-bond acceptors (Lipinski definition) is 6. The molecule has 44 heavy (non-hydrogen) atoms. The van der Waals surface area contributed by atoms with Gasteiger partial charge in [0.1, 0.15) is 11.3 Å². The van der Waals surface area contributed by atoms with Gasteiger partial charge < -0.3 is 15.7 Å². The van der Waals surface area contributed by atoms with Crippen LogP contribution in [-0.4, -0.2) is 55.1 Å². The van der Waals surface area contributed by atoms with Crippen LogP contribution in [0.15, 0.2) is 85.1 Å². The van der Waals surface area contributed by atoms with Crippen LogP contribution in [0.1, 0.15) is 44.6 Å². The Morgan fingerprint density at radius 3 is 2.43 bits per heavy atom. The number of aliphatic carboxylic acids is 1. The molecule has 2 aromatic carbocycles. The maximum atomic E-state index is 11.7. The highest BCUT2D eigenvalue weighted by atomic mass is 16.4. The molecule has 0 amide bonds. The summed E-state index contributed by atoms with van der Waals surface area (Å²) in [5.41, 5.74) is 12.7. The smallest absolute Gasteiger partial charge is 0.307 e. The molecule has 0 radical (unpaired) electrons. The number of likely N-dealkylation sites (tertiary alicyclic amines) is 1. The van der Waals surface area contributed by atoms with Crippen molar-refractivity contribution in [3.63, 3.8) is 0 Å². The number of carboxylic acid groups (broad SMARTS) is 1. The van der Waals surface area contributed by atoms with Crippen LogP contribution in [0.25, 0.3) is 39.5 Å². The molecule has 8 nitrogen and oxygen atoms in total. The number of nitrogen functional groups attached to an aromatic ring is 1. The highest BCUT2D eigenvalue weighted by Crippen LogP contribution is 2.44. The summed E-state index contributed by atoms with van der Waals surface area (Å²) in [6, 6.07) is 26.8. The molecule has 0 spiro atoms. The maximum absolute atomic E-state index is 11.7. The third-order valence-corrected chi connectivity index (χ3v) is 9.67. The zero-order valence-corrected chi connectivity index (χ0v) is 25.2. The molecular formula is C36H38N6O2. The Bertz CT molecular complexity index is 1810. The van der Waals surface area contributed by atoms with Crippen molar-refractivity contribution in [2.45, 2.75) is 39.0 Å². The minimum Gasteiger partial charge on any atom is -0.481 e. The predicted molar refractivity (Wildman–Crippen MR) is 173 cm³/mol. The largest absolute Gasteiger partial charge is 0.481 e. The van der Waals surface area contributed by atoms with Gasteiger partial charge in [0.05, 0.1) is 17.2 Å². The van der Waals surface area contributed by atoms with E-state index in [2.05, 4.69) is 64.7 Å². The Hall–Kier alpha value is -4.56. The van der Waals surface area contributed by atoms with Crippen LogP contribution < -0.4 is 5.73 Å². The van der Waals surface area contributed by atoms with Crippen LogP contribution in [0.5, 0.6) is 0 Å². The molecule has 1 saturated heterocycles. The molecule has 4 heterocycles. The number of nitrogens with zero attached hydrogens (tertiary/aromatic N) is 5. The molecule has 0 unspecified atom stereocenters. The van der Waals surface area contributed by atoms with Crippen molar-refractivity contribution in [3.8, 4) is 28.3 Å². The van der Waals surface area contributed by atoms with E-state index in [0.717, 1.165) is 72.6 Å². The summed E-state index contributed by atoms with van der Waals surface area (Å²) in [7, 11) is 0. The quantitative estimate of drug-likeness (QED) is 0.219. The van der Waals surface area contributed by atoms with Crippen LogP contribution in [0.4, 0.5) is 5.82 Å². The van der Waals surface area contributed by atoms with Crippen molar-refractivity contribution in [2.75, 3.05) is 25.4 Å². The lowest BCUT2D eigenvalue weighted by molar-refractivity contribution is -0.148. The summed E-state index contributed by atoms with van der Waals surface area (Å²) < 4.78 is 2.08. The number of rotatable bonds is 7. The third kappa shape index (κ3) is 5.24. The first-order valence-electron chi connectivity index (χ1n) is 15.5. The number of benzene rings is 2. The molecule has 2 atom stereocenters. The average molecular weight is 587 g/mol. The van der Waals surface area contributed by atoms with Crippen molar-refractivity contribution in [1.29, 1.82) is 0 Å². The summed E-state index contributed by atoms with van der Waals surface area (Å²) in [6.45, 7) is 7.36. The summed E-state index contributed by atoms with van der Waals surface area (Å²) >= 11 is 0. The Kier molecular flexibility index (Phi) is 7.17. The minimum absolute atomic E-state index is 0.150. The van der Waals surface area contributed by atoms with E-state index >= 15 is 0 Å². The number of carbonyl (C=O) groups is 1. The van der Waals surface area contributed by atoms with E-state index in [4.69, 9.17) is 15.7 Å². The van der Waals surface area contributed by atoms with Crippen molar-refractivity contribution < 1.29 is 9.90 Å². The van der Waals surface area contributed by atoms with Gasteiger partial charge in [-0.05, 0) is 72.6 Å². The lowest BCUT2D eigenvalue weighted by Crippen LogP contribution is -2.49. The zero-order chi connectivity index (χ0) is 30.4. The number of nitrogens with two attached hydrogens (primary N) is 1. The first-order valence-corrected chi connectivity index (χ1v) is 15.5. The van der Waals surface area contributed by atoms with E-state index in [0.29, 0.717) is 23.5 Å². The van der Waals surface area contributed by atoms with E-state index in [1.165, 1.54) is 5.56 Å². The van der Waals surface area contributed by atoms with Crippen LogP contribution >= 0.6 is 0 Å². The van der Waals surface area contributed by atoms with Gasteiger partial charge in [-0.1, -0.05) is 56.3 Å². The second kappa shape index (κ2) is 11.2. The fraction of sp³-hybridized carbons (Fsp3) is 0.333. The van der Waals surface area contributed by atoms with Crippen molar-refractivity contribution in [3.05, 3.63) is 90.6 Å². The summed E-state index contributed by atoms with van der Waals surface area (Å²) in [5.74, 6) is 1.32. The van der Waals surface area contributed by atoms with Crippen LogP contribution in [0.2, 0.25) is 0 Å². The van der Waals surface area contributed by atoms with Crippen LogP contribution in [0, 0.1) is 17.3 Å². The number of pyridine rings is 2. The second-order valence-electron chi connectivity index (χ2n) is 13.1. The average Bonchev–Trinajstić information content (AvgIpc) is 3.37. The summed E-state index contributed by atoms with van der Waals surface area (Å²) in [6.07, 6.45) is 4.45. The maximum Gasteiger partial charge on any atom is 0.307 e. The fourth-order valence-corrected chi connectivity index (χ4v) is 7.34. The lowest BCUT2D eigenvalue weighted by atomic mass is 9.65. The molecule has 7 rings (SSSR count). The van der Waals surface area contributed by atoms with E-state index in [9.17, 15) is 9.90 Å². The van der Waals surface area contributed by atoms with Crippen LogP contribution in [-0.2, 0) is 4.79 Å². The van der Waals surface area contributed by atoms with Gasteiger partial charge in [0.25, 0.3) is 0 Å². The van der Waals surface area contributed by atoms with E-state index in [-0.39, 0.29) is 11.3 Å². The van der Waals surface area contributed by atoms with E-state index < -0.39 is 5.97 Å². The SMILES string of the molecule is CC1(C)C[C@H](CN2CC(c3ccc(-n4c(-c5cccnc5N)nc5ccc(-c6ccccc6)nc54)cc3)C2)CC[C@H]1C(=O)O. The van der Waals surface area contributed by atoms with Crippen molar-refractivity contribution >= 4 is 23.0 Å². The van der Waals surface area contributed by atoms with Gasteiger partial charge in [-0.15, -0.1) is 0 Å². The molecule has 1 aliphatic carbocycles. The number of anilines is 1. The van der Waals surface area contributed by atoms with Gasteiger partial charge in [-0.3, -0.25) is 9.36 Å². The molecule has 0 bridgehead atoms. The van der Waals surface area contributed by atoms with Gasteiger partial charge in [0, 0.05) is 43.0 Å². The standard InChI is InChI=1S/C36H38N6O2/c1-36(2)19-23(10-15-29(36)35(43)44)20-41-21-26(22-41)24-11-13-27(14-12-24)42-33(28-9-6-18-38-32(28)37)40-31-17-16-30(39-34(31)42)25-7-4-3-5-8-25/h3-9,11-14,16-18,23,26,29H,10,15,19-22H2,1-2H3,(H2,37,38)(H,43,44)/t23-,29+/m1/s1. The van der Waals surface area contributed by atoms with Crippen molar-refractivity contribution in [2.24, 2.45) is 17.3 Å². The molecule has 2 fully saturated rings. The molecule has 1 saturated carbocycles. The van der Waals surface area contributed by atoms with E-state index in [1.54, 1.807) is 6.20 Å². The molecule has 1 aliphatic heterocycles. The first kappa shape index (κ1) is 28.2. The highest BCUT2D eigenvalue weighted by molar-refractivity contribution is 5.84. The molecule has 224 valence electrons. The normalized spacial score (nSPS) is 20.4. The summed E-state index contributed by atoms with van der Waals surface area (Å²) in [4.78, 5) is 28.6. The van der Waals surface area contributed by atoms with Gasteiger partial charge in [0.2, 0.25) is 0 Å². The van der Waals surface area contributed by atoms with Crippen molar-refractivity contribution in [1.82, 2.24) is 24.4 Å². The predicted octanol–water partition coefficient (Wildman–Crippen LogP) is 6.66. The third-order valence-electron chi connectivity index (χ3n) is 9.67. The number of imidazole rings is 1. The minimum atomic E-state index is -0.645. The highest BCUT2D eigenvalue weighted by Gasteiger charge is 2.42. The molecule has 5 aromatic rings. The molecule has 3 N–H and O–H groups in total. The molecule has 8 heteroatoms. The number of hydrogen-bond donors (Lipinski definition) is 2. The number of carboxylic acids is 1. The summed E-state index contributed by atoms with van der Waals surface area (Å²) in [5, 5.41) is 9.61. The Balaban J connectivity index is 1.13. The van der Waals surface area contributed by atoms with Gasteiger partial charge >= 0.3 is 5.97 Å². The molecule has 2 aliphatic rings. The fourth-order valence-electron chi connectivity index (χ4n) is 7.34. The van der Waals surface area contributed by atoms with E-state index in [1.807, 2.05) is 42.5 Å². The van der Waals surface area contributed by atoms with Gasteiger partial charge in [0.15, 0.2) is 11.5 Å². The second-order valence-corrected chi connectivity index (χ2v) is 13.1. The van der Waals surface area contributed by atoms with Gasteiger partial charge in [-0.2, -0.15) is 0 Å². The topological polar surface area (TPSA) is 110 Å². The monoisotopic (exact) mass is 586 g/mol. The lowest BCUT2D eigenvalue weighted by Gasteiger charge is -2.45. The Morgan fingerprint density at radius 1 is 0.955 bits per heavy atom. The number of fused-ring (bicyclic) bond motifs is 1. The zero-order valence-electron chi connectivity index (χ0n) is 25.2.